The number of aromatic nitrogens is 1. The highest BCUT2D eigenvalue weighted by Gasteiger charge is 2.06. The van der Waals surface area contributed by atoms with Gasteiger partial charge in [-0.15, -0.1) is 5.17 Å². The third-order valence-corrected chi connectivity index (χ3v) is 1.28. The molecule has 1 aromatic heterocycles. The smallest absolute Gasteiger partial charge is 0.149 e. The van der Waals surface area contributed by atoms with Crippen LogP contribution < -0.4 is 10.6 Å². The van der Waals surface area contributed by atoms with Crippen LogP contribution in [0.5, 0.6) is 0 Å². The Kier molecular flexibility index (Phi) is 1.37. The van der Waals surface area contributed by atoms with E-state index in [1.807, 2.05) is 12.1 Å². The molecule has 1 aromatic rings. The van der Waals surface area contributed by atoms with Gasteiger partial charge in [-0.25, -0.2) is 0 Å². The number of nitrogens with one attached hydrogen (secondary N) is 1. The van der Waals surface area contributed by atoms with Crippen LogP contribution in [0.1, 0.15) is 0 Å². The molecule has 0 amide bonds. The van der Waals surface area contributed by atoms with Gasteiger partial charge in [-0.3, -0.25) is 10.4 Å². The van der Waals surface area contributed by atoms with Crippen LogP contribution in [0.2, 0.25) is 0 Å². The maximum atomic E-state index is 5.00. The lowest BCUT2D eigenvalue weighted by Gasteiger charge is -2.14. The van der Waals surface area contributed by atoms with Crippen LogP contribution in [-0.4, -0.2) is 4.98 Å². The highest BCUT2D eigenvalue weighted by Crippen LogP contribution is 2.11. The Bertz CT molecular complexity index is 252. The molecule has 0 bridgehead atoms. The van der Waals surface area contributed by atoms with E-state index in [0.29, 0.717) is 0 Å². The predicted molar refractivity (Wildman–Crippen MR) is 38.7 cm³/mol. The van der Waals surface area contributed by atoms with Gasteiger partial charge in [0.05, 0.1) is 0 Å². The summed E-state index contributed by atoms with van der Waals surface area (Å²) in [6.45, 7) is 0. The van der Waals surface area contributed by atoms with Crippen molar-refractivity contribution in [3.8, 4) is 0 Å². The molecular weight excluding hydrogens is 142 g/mol. The van der Waals surface area contributed by atoms with E-state index in [1.165, 1.54) is 11.4 Å². The van der Waals surface area contributed by atoms with Gasteiger partial charge in [0.25, 0.3) is 0 Å². The molecule has 0 fully saturated rings. The molecular formula is C7H6N3O. The minimum atomic E-state index is 0.890. The zero-order valence-corrected chi connectivity index (χ0v) is 5.69. The Morgan fingerprint density at radius 1 is 1.45 bits per heavy atom. The van der Waals surface area contributed by atoms with Crippen molar-refractivity contribution in [2.24, 2.45) is 0 Å². The molecule has 0 saturated carbocycles. The number of nitrogens with zero attached hydrogens (tertiary/aromatic N) is 2. The van der Waals surface area contributed by atoms with Gasteiger partial charge >= 0.3 is 0 Å². The van der Waals surface area contributed by atoms with Gasteiger partial charge in [-0.1, -0.05) is 0 Å². The number of anilines is 1. The summed E-state index contributed by atoms with van der Waals surface area (Å²) >= 11 is 0. The molecule has 1 radical (unpaired) electrons. The molecule has 1 N–H and O–H groups in total. The second-order valence-electron chi connectivity index (χ2n) is 1.98. The molecule has 0 aromatic carbocycles. The molecule has 2 rings (SSSR count). The molecule has 1 aliphatic rings. The summed E-state index contributed by atoms with van der Waals surface area (Å²) in [5.74, 6) is 0. The Morgan fingerprint density at radius 3 is 2.91 bits per heavy atom. The second kappa shape index (κ2) is 2.49. The number of pyridine rings is 1. The molecule has 4 heteroatoms. The van der Waals surface area contributed by atoms with Crippen molar-refractivity contribution in [2.45, 2.75) is 0 Å². The Hall–Kier alpha value is -1.71. The number of hydrazine groups is 1. The van der Waals surface area contributed by atoms with Crippen molar-refractivity contribution in [3.63, 3.8) is 0 Å². The summed E-state index contributed by atoms with van der Waals surface area (Å²) < 4.78 is 0. The molecule has 55 valence electrons. The zero-order valence-electron chi connectivity index (χ0n) is 5.69. The van der Waals surface area contributed by atoms with Gasteiger partial charge in [0.1, 0.15) is 18.1 Å². The van der Waals surface area contributed by atoms with E-state index in [0.717, 1.165) is 5.69 Å². The van der Waals surface area contributed by atoms with Crippen molar-refractivity contribution in [2.75, 3.05) is 5.17 Å². The summed E-state index contributed by atoms with van der Waals surface area (Å²) in [4.78, 5) is 8.87. The highest BCUT2D eigenvalue weighted by atomic mass is 16.7. The van der Waals surface area contributed by atoms with Crippen LogP contribution >= 0.6 is 0 Å². The SMILES string of the molecule is [C]1=CON(c2ccncc2)N1. The first-order valence-electron chi connectivity index (χ1n) is 3.16. The maximum absolute atomic E-state index is 5.00. The molecule has 1 aliphatic heterocycles. The summed E-state index contributed by atoms with van der Waals surface area (Å²) in [7, 11) is 0. The summed E-state index contributed by atoms with van der Waals surface area (Å²) in [5, 5.41) is 1.49. The minimum absolute atomic E-state index is 0.890. The van der Waals surface area contributed by atoms with Gasteiger partial charge in [-0.2, -0.15) is 0 Å². The normalized spacial score (nSPS) is 14.4. The number of rotatable bonds is 1. The largest absolute Gasteiger partial charge is 0.365 e. The van der Waals surface area contributed by atoms with E-state index in [1.54, 1.807) is 12.4 Å². The first-order chi connectivity index (χ1) is 5.47. The lowest BCUT2D eigenvalue weighted by Crippen LogP contribution is -2.27. The topological polar surface area (TPSA) is 37.4 Å². The van der Waals surface area contributed by atoms with Crippen molar-refractivity contribution in [1.29, 1.82) is 0 Å². The molecule has 2 heterocycles. The maximum Gasteiger partial charge on any atom is 0.149 e. The number of hydrogen-bond donors (Lipinski definition) is 1. The average molecular weight is 148 g/mol. The predicted octanol–water partition coefficient (Wildman–Crippen LogP) is 0.612. The molecule has 11 heavy (non-hydrogen) atoms. The first kappa shape index (κ1) is 6.03. The standard InChI is InChI=1S/C7H6N3O/c1-3-8-4-2-7(1)10-9-5-6-11-10/h1-4,6,9H. The lowest BCUT2D eigenvalue weighted by atomic mass is 10.4. The fourth-order valence-electron chi connectivity index (χ4n) is 0.795. The van der Waals surface area contributed by atoms with Gasteiger partial charge in [0.15, 0.2) is 0 Å². The van der Waals surface area contributed by atoms with Crippen LogP contribution in [0.25, 0.3) is 0 Å². The van der Waals surface area contributed by atoms with Crippen LogP contribution in [0.15, 0.2) is 30.8 Å². The minimum Gasteiger partial charge on any atom is -0.365 e. The van der Waals surface area contributed by atoms with E-state index in [2.05, 4.69) is 16.6 Å². The van der Waals surface area contributed by atoms with E-state index < -0.39 is 0 Å². The van der Waals surface area contributed by atoms with Crippen LogP contribution in [0.4, 0.5) is 5.69 Å². The van der Waals surface area contributed by atoms with Gasteiger partial charge < -0.3 is 4.84 Å². The Labute approximate surface area is 64.0 Å². The van der Waals surface area contributed by atoms with Crippen molar-refractivity contribution in [1.82, 2.24) is 10.4 Å². The quantitative estimate of drug-likeness (QED) is 0.633. The zero-order chi connectivity index (χ0) is 7.52. The molecule has 0 unspecified atom stereocenters. The lowest BCUT2D eigenvalue weighted by molar-refractivity contribution is 0.221. The first-order valence-corrected chi connectivity index (χ1v) is 3.16. The van der Waals surface area contributed by atoms with Gasteiger partial charge in [0.2, 0.25) is 0 Å². The third-order valence-electron chi connectivity index (χ3n) is 1.28. The van der Waals surface area contributed by atoms with Crippen LogP contribution in [-0.2, 0) is 4.84 Å². The van der Waals surface area contributed by atoms with Crippen molar-refractivity contribution >= 4 is 5.69 Å². The monoisotopic (exact) mass is 148 g/mol. The summed E-state index contributed by atoms with van der Waals surface area (Å²) in [6.07, 6.45) is 7.51. The van der Waals surface area contributed by atoms with Crippen molar-refractivity contribution < 1.29 is 4.84 Å². The summed E-state index contributed by atoms with van der Waals surface area (Å²) in [5.41, 5.74) is 3.64. The molecule has 0 atom stereocenters. The van der Waals surface area contributed by atoms with E-state index in [-0.39, 0.29) is 0 Å². The van der Waals surface area contributed by atoms with Crippen molar-refractivity contribution in [3.05, 3.63) is 37.0 Å². The molecule has 0 saturated heterocycles. The van der Waals surface area contributed by atoms with E-state index in [4.69, 9.17) is 4.84 Å². The molecule has 0 spiro atoms. The second-order valence-corrected chi connectivity index (χ2v) is 1.98. The fourth-order valence-corrected chi connectivity index (χ4v) is 0.795. The highest BCUT2D eigenvalue weighted by molar-refractivity contribution is 5.41. The number of hydrogen-bond acceptors (Lipinski definition) is 4. The Morgan fingerprint density at radius 2 is 2.27 bits per heavy atom. The third kappa shape index (κ3) is 1.10. The van der Waals surface area contributed by atoms with E-state index >= 15 is 0 Å². The van der Waals surface area contributed by atoms with Crippen LogP contribution in [0, 0.1) is 6.20 Å². The fraction of sp³-hybridized carbons (Fsp3) is 0. The molecule has 0 aliphatic carbocycles. The Balaban J connectivity index is 2.17. The van der Waals surface area contributed by atoms with E-state index in [9.17, 15) is 0 Å². The average Bonchev–Trinajstić information content (AvgIpc) is 2.58. The summed E-state index contributed by atoms with van der Waals surface area (Å²) in [6, 6.07) is 3.65. The van der Waals surface area contributed by atoms with Crippen LogP contribution in [0.3, 0.4) is 0 Å². The van der Waals surface area contributed by atoms with Gasteiger partial charge in [0, 0.05) is 12.4 Å². The molecule has 4 nitrogen and oxygen atoms in total. The van der Waals surface area contributed by atoms with Gasteiger partial charge in [-0.05, 0) is 12.1 Å².